The minimum absolute atomic E-state index is 0.0110. The monoisotopic (exact) mass is 398 g/mol. The average molecular weight is 398 g/mol. The number of rotatable bonds is 4. The zero-order valence-corrected chi connectivity index (χ0v) is 15.6. The van der Waals surface area contributed by atoms with E-state index in [1.807, 2.05) is 0 Å². The van der Waals surface area contributed by atoms with Gasteiger partial charge in [-0.05, 0) is 19.1 Å². The summed E-state index contributed by atoms with van der Waals surface area (Å²) < 4.78 is 0. The summed E-state index contributed by atoms with van der Waals surface area (Å²) in [6.45, 7) is 2.22. The Kier molecular flexibility index (Phi) is 5.53. The summed E-state index contributed by atoms with van der Waals surface area (Å²) in [4.78, 5) is 49.8. The predicted molar refractivity (Wildman–Crippen MR) is 103 cm³/mol. The van der Waals surface area contributed by atoms with Crippen LogP contribution in [0.5, 0.6) is 0 Å². The lowest BCUT2D eigenvalue weighted by atomic mass is 10.1. The predicted octanol–water partition coefficient (Wildman–Crippen LogP) is 2.49. The molecular weight excluding hydrogens is 380 g/mol. The van der Waals surface area contributed by atoms with Crippen molar-refractivity contribution in [1.82, 2.24) is 9.80 Å². The molecule has 150 valence electrons. The fourth-order valence-corrected chi connectivity index (χ4v) is 3.40. The first kappa shape index (κ1) is 19.9. The van der Waals surface area contributed by atoms with Gasteiger partial charge in [-0.3, -0.25) is 29.8 Å². The molecule has 1 aliphatic rings. The number of nitro benzene ring substituents is 2. The molecular formula is C19H18N4O6. The SMILES string of the molecule is CC1CN(C(=O)c2ccccc2[N+](=O)[O-])CCN1C(=O)c1ccccc1[N+](=O)[O-]. The Morgan fingerprint density at radius 2 is 1.34 bits per heavy atom. The standard InChI is InChI=1S/C19H18N4O6/c1-13-12-20(18(24)14-6-2-4-8-16(14)22(26)27)10-11-21(13)19(25)15-7-3-5-9-17(15)23(28)29/h2-9,13H,10-12H2,1H3. The summed E-state index contributed by atoms with van der Waals surface area (Å²) in [6, 6.07) is 11.0. The lowest BCUT2D eigenvalue weighted by Gasteiger charge is -2.39. The summed E-state index contributed by atoms with van der Waals surface area (Å²) >= 11 is 0. The third-order valence-corrected chi connectivity index (χ3v) is 4.84. The topological polar surface area (TPSA) is 127 Å². The molecule has 1 heterocycles. The largest absolute Gasteiger partial charge is 0.335 e. The van der Waals surface area contributed by atoms with Crippen LogP contribution < -0.4 is 0 Å². The van der Waals surface area contributed by atoms with Crippen LogP contribution in [0.2, 0.25) is 0 Å². The maximum Gasteiger partial charge on any atom is 0.282 e. The van der Waals surface area contributed by atoms with Crippen molar-refractivity contribution in [3.05, 3.63) is 79.9 Å². The second-order valence-corrected chi connectivity index (χ2v) is 6.65. The summed E-state index contributed by atoms with van der Waals surface area (Å²) in [5, 5.41) is 22.4. The highest BCUT2D eigenvalue weighted by Gasteiger charge is 2.34. The van der Waals surface area contributed by atoms with Crippen molar-refractivity contribution in [1.29, 1.82) is 0 Å². The van der Waals surface area contributed by atoms with Gasteiger partial charge in [0.25, 0.3) is 23.2 Å². The van der Waals surface area contributed by atoms with E-state index >= 15 is 0 Å². The fraction of sp³-hybridized carbons (Fsp3) is 0.263. The van der Waals surface area contributed by atoms with E-state index in [-0.39, 0.29) is 42.1 Å². The maximum atomic E-state index is 12.9. The van der Waals surface area contributed by atoms with Gasteiger partial charge in [-0.15, -0.1) is 0 Å². The third kappa shape index (κ3) is 3.91. The van der Waals surface area contributed by atoms with Crippen LogP contribution in [0.25, 0.3) is 0 Å². The molecule has 2 aromatic rings. The van der Waals surface area contributed by atoms with Crippen LogP contribution in [0, 0.1) is 20.2 Å². The van der Waals surface area contributed by atoms with Gasteiger partial charge in [0.05, 0.1) is 9.85 Å². The van der Waals surface area contributed by atoms with Gasteiger partial charge in [0.2, 0.25) is 0 Å². The van der Waals surface area contributed by atoms with E-state index in [1.54, 1.807) is 19.1 Å². The first-order valence-corrected chi connectivity index (χ1v) is 8.88. The highest BCUT2D eigenvalue weighted by Crippen LogP contribution is 2.24. The number of amides is 2. The molecule has 0 aromatic heterocycles. The smallest absolute Gasteiger partial charge is 0.282 e. The number of hydrogen-bond acceptors (Lipinski definition) is 6. The Morgan fingerprint density at radius 3 is 1.83 bits per heavy atom. The fourth-order valence-electron chi connectivity index (χ4n) is 3.40. The van der Waals surface area contributed by atoms with Gasteiger partial charge < -0.3 is 9.80 Å². The molecule has 3 rings (SSSR count). The lowest BCUT2D eigenvalue weighted by molar-refractivity contribution is -0.385. The van der Waals surface area contributed by atoms with Crippen LogP contribution in [-0.2, 0) is 0 Å². The molecule has 1 fully saturated rings. The number of carbonyl (C=O) groups excluding carboxylic acids is 2. The number of nitro groups is 2. The maximum absolute atomic E-state index is 12.9. The Balaban J connectivity index is 1.78. The van der Waals surface area contributed by atoms with Crippen molar-refractivity contribution >= 4 is 23.2 Å². The van der Waals surface area contributed by atoms with E-state index in [2.05, 4.69) is 0 Å². The zero-order chi connectivity index (χ0) is 21.1. The van der Waals surface area contributed by atoms with Gasteiger partial charge >= 0.3 is 0 Å². The zero-order valence-electron chi connectivity index (χ0n) is 15.6. The molecule has 1 unspecified atom stereocenters. The van der Waals surface area contributed by atoms with Crippen LogP contribution in [0.4, 0.5) is 11.4 Å². The van der Waals surface area contributed by atoms with E-state index in [4.69, 9.17) is 0 Å². The van der Waals surface area contributed by atoms with Crippen molar-refractivity contribution in [2.24, 2.45) is 0 Å². The van der Waals surface area contributed by atoms with E-state index in [9.17, 15) is 29.8 Å². The minimum Gasteiger partial charge on any atom is -0.335 e. The number of nitrogens with zero attached hydrogens (tertiary/aromatic N) is 4. The molecule has 1 atom stereocenters. The van der Waals surface area contributed by atoms with Crippen molar-refractivity contribution in [3.63, 3.8) is 0 Å². The first-order chi connectivity index (χ1) is 13.8. The second-order valence-electron chi connectivity index (χ2n) is 6.65. The van der Waals surface area contributed by atoms with E-state index in [0.29, 0.717) is 0 Å². The Hall–Kier alpha value is -3.82. The molecule has 1 aliphatic heterocycles. The molecule has 0 spiro atoms. The number of carbonyl (C=O) groups is 2. The molecule has 2 amide bonds. The van der Waals surface area contributed by atoms with Crippen LogP contribution >= 0.6 is 0 Å². The summed E-state index contributed by atoms with van der Waals surface area (Å²) in [7, 11) is 0. The third-order valence-electron chi connectivity index (χ3n) is 4.84. The summed E-state index contributed by atoms with van der Waals surface area (Å²) in [5.74, 6) is -0.968. The molecule has 0 saturated carbocycles. The average Bonchev–Trinajstić information content (AvgIpc) is 2.72. The van der Waals surface area contributed by atoms with E-state index < -0.39 is 27.7 Å². The Labute approximate surface area is 165 Å². The number of piperazine rings is 1. The molecule has 0 bridgehead atoms. The molecule has 0 N–H and O–H groups in total. The molecule has 2 aromatic carbocycles. The van der Waals surface area contributed by atoms with E-state index in [1.165, 1.54) is 46.2 Å². The molecule has 10 nitrogen and oxygen atoms in total. The van der Waals surface area contributed by atoms with Crippen LogP contribution in [-0.4, -0.2) is 57.1 Å². The van der Waals surface area contributed by atoms with Crippen LogP contribution in [0.1, 0.15) is 27.6 Å². The summed E-state index contributed by atoms with van der Waals surface area (Å²) in [5.41, 5.74) is -0.572. The van der Waals surface area contributed by atoms with Crippen molar-refractivity contribution in [3.8, 4) is 0 Å². The Morgan fingerprint density at radius 1 is 0.862 bits per heavy atom. The van der Waals surface area contributed by atoms with Gasteiger partial charge in [-0.2, -0.15) is 0 Å². The van der Waals surface area contributed by atoms with Gasteiger partial charge in [-0.1, -0.05) is 24.3 Å². The number of para-hydroxylation sites is 2. The molecule has 10 heteroatoms. The highest BCUT2D eigenvalue weighted by molar-refractivity contribution is 6.00. The molecule has 0 radical (unpaired) electrons. The lowest BCUT2D eigenvalue weighted by Crippen LogP contribution is -2.55. The van der Waals surface area contributed by atoms with E-state index in [0.717, 1.165) is 0 Å². The quantitative estimate of drug-likeness (QED) is 0.575. The van der Waals surface area contributed by atoms with Gasteiger partial charge in [0, 0.05) is 37.8 Å². The van der Waals surface area contributed by atoms with Crippen molar-refractivity contribution in [2.45, 2.75) is 13.0 Å². The van der Waals surface area contributed by atoms with Crippen LogP contribution in [0.3, 0.4) is 0 Å². The van der Waals surface area contributed by atoms with Gasteiger partial charge in [0.1, 0.15) is 11.1 Å². The van der Waals surface area contributed by atoms with Crippen molar-refractivity contribution < 1.29 is 19.4 Å². The molecule has 0 aliphatic carbocycles. The van der Waals surface area contributed by atoms with Gasteiger partial charge in [-0.25, -0.2) is 0 Å². The highest BCUT2D eigenvalue weighted by atomic mass is 16.6. The molecule has 29 heavy (non-hydrogen) atoms. The summed E-state index contributed by atoms with van der Waals surface area (Å²) in [6.07, 6.45) is 0. The Bertz CT molecular complexity index is 992. The first-order valence-electron chi connectivity index (χ1n) is 8.88. The van der Waals surface area contributed by atoms with Gasteiger partial charge in [0.15, 0.2) is 0 Å². The number of hydrogen-bond donors (Lipinski definition) is 0. The minimum atomic E-state index is -0.606. The molecule has 1 saturated heterocycles. The normalized spacial score (nSPS) is 16.4. The number of benzene rings is 2. The van der Waals surface area contributed by atoms with Crippen LogP contribution in [0.15, 0.2) is 48.5 Å². The van der Waals surface area contributed by atoms with Crippen molar-refractivity contribution in [2.75, 3.05) is 19.6 Å². The second kappa shape index (κ2) is 8.05.